The van der Waals surface area contributed by atoms with Gasteiger partial charge in [-0.25, -0.2) is 4.39 Å². The lowest BCUT2D eigenvalue weighted by Crippen LogP contribution is -2.43. The van der Waals surface area contributed by atoms with Crippen molar-refractivity contribution in [2.24, 2.45) is 0 Å². The molecule has 3 aromatic rings. The van der Waals surface area contributed by atoms with Gasteiger partial charge in [-0.15, -0.1) is 0 Å². The zero-order valence-corrected chi connectivity index (χ0v) is 20.6. The molecule has 8 heteroatoms. The maximum absolute atomic E-state index is 14.0. The van der Waals surface area contributed by atoms with E-state index in [1.807, 2.05) is 30.3 Å². The minimum Gasteiger partial charge on any atom is -0.379 e. The fourth-order valence-electron chi connectivity index (χ4n) is 4.95. The van der Waals surface area contributed by atoms with E-state index in [9.17, 15) is 9.18 Å². The van der Waals surface area contributed by atoms with Gasteiger partial charge in [-0.05, 0) is 37.5 Å². The number of anilines is 1. The number of carbonyl (C=O) groups excluding carboxylic acids is 1. The molecule has 5 rings (SSSR count). The van der Waals surface area contributed by atoms with E-state index in [2.05, 4.69) is 15.0 Å². The van der Waals surface area contributed by atoms with Crippen LogP contribution in [0.25, 0.3) is 11.3 Å². The van der Waals surface area contributed by atoms with Crippen molar-refractivity contribution < 1.29 is 18.4 Å². The molecule has 2 fully saturated rings. The highest BCUT2D eigenvalue weighted by molar-refractivity contribution is 5.94. The second-order valence-corrected chi connectivity index (χ2v) is 9.42. The molecule has 0 atom stereocenters. The monoisotopic (exact) mass is 492 g/mol. The van der Waals surface area contributed by atoms with Crippen LogP contribution in [0.2, 0.25) is 0 Å². The van der Waals surface area contributed by atoms with Crippen LogP contribution < -0.4 is 4.90 Å². The van der Waals surface area contributed by atoms with E-state index in [-0.39, 0.29) is 5.91 Å². The molecule has 36 heavy (non-hydrogen) atoms. The molecular weight excluding hydrogens is 459 g/mol. The van der Waals surface area contributed by atoms with E-state index in [1.54, 1.807) is 17.0 Å². The van der Waals surface area contributed by atoms with Gasteiger partial charge in [-0.3, -0.25) is 9.69 Å². The van der Waals surface area contributed by atoms with E-state index >= 15 is 0 Å². The second-order valence-electron chi connectivity index (χ2n) is 9.42. The molecule has 3 heterocycles. The Morgan fingerprint density at radius 3 is 2.50 bits per heavy atom. The number of carbonyl (C=O) groups is 1. The van der Waals surface area contributed by atoms with Crippen LogP contribution in [0.4, 0.5) is 10.3 Å². The predicted octanol–water partition coefficient (Wildman–Crippen LogP) is 4.45. The van der Waals surface area contributed by atoms with Crippen molar-refractivity contribution in [1.29, 1.82) is 0 Å². The number of benzene rings is 2. The molecule has 0 saturated carbocycles. The smallest absolute Gasteiger partial charge is 0.254 e. The molecule has 0 aliphatic carbocycles. The number of ether oxygens (including phenoxy) is 1. The summed E-state index contributed by atoms with van der Waals surface area (Å²) in [4.78, 5) is 20.0. The molecule has 0 spiro atoms. The summed E-state index contributed by atoms with van der Waals surface area (Å²) in [7, 11) is 0. The van der Waals surface area contributed by atoms with Crippen LogP contribution in [0.3, 0.4) is 0 Å². The quantitative estimate of drug-likeness (QED) is 0.463. The van der Waals surface area contributed by atoms with Crippen LogP contribution in [0.15, 0.2) is 59.1 Å². The average Bonchev–Trinajstić information content (AvgIpc) is 3.35. The number of morpholine rings is 1. The third-order valence-corrected chi connectivity index (χ3v) is 6.96. The zero-order valence-electron chi connectivity index (χ0n) is 20.6. The predicted molar refractivity (Wildman–Crippen MR) is 136 cm³/mol. The molecule has 0 radical (unpaired) electrons. The third kappa shape index (κ3) is 5.77. The maximum Gasteiger partial charge on any atom is 0.254 e. The lowest BCUT2D eigenvalue weighted by Gasteiger charge is -2.31. The largest absolute Gasteiger partial charge is 0.379 e. The van der Waals surface area contributed by atoms with Crippen LogP contribution in [0.5, 0.6) is 0 Å². The molecular formula is C28H33FN4O3. The lowest BCUT2D eigenvalue weighted by atomic mass is 10.0. The Morgan fingerprint density at radius 1 is 0.972 bits per heavy atom. The van der Waals surface area contributed by atoms with Gasteiger partial charge in [-0.1, -0.05) is 41.6 Å². The number of hydrogen-bond acceptors (Lipinski definition) is 6. The van der Waals surface area contributed by atoms with Gasteiger partial charge >= 0.3 is 0 Å². The second kappa shape index (κ2) is 11.7. The van der Waals surface area contributed by atoms with Gasteiger partial charge < -0.3 is 19.1 Å². The molecule has 0 unspecified atom stereocenters. The zero-order chi connectivity index (χ0) is 24.7. The van der Waals surface area contributed by atoms with Crippen molar-refractivity contribution in [3.8, 4) is 11.3 Å². The Hall–Kier alpha value is -3.23. The van der Waals surface area contributed by atoms with Gasteiger partial charge in [0.05, 0.1) is 25.3 Å². The van der Waals surface area contributed by atoms with Gasteiger partial charge in [0.1, 0.15) is 11.5 Å². The first-order valence-corrected chi connectivity index (χ1v) is 12.8. The fraction of sp³-hybridized carbons (Fsp3) is 0.429. The van der Waals surface area contributed by atoms with Gasteiger partial charge in [0.2, 0.25) is 5.88 Å². The summed E-state index contributed by atoms with van der Waals surface area (Å²) in [6.07, 6.45) is 3.41. The molecule has 0 bridgehead atoms. The SMILES string of the molecule is O=C(c1cccc(F)c1)N(CCN1CCOCC1)Cc1c(-c2ccccc2)noc1N1CCCCC1. The topological polar surface area (TPSA) is 62.1 Å². The summed E-state index contributed by atoms with van der Waals surface area (Å²) < 4.78 is 25.4. The molecule has 2 aliphatic rings. The normalized spacial score (nSPS) is 16.8. The molecule has 2 aliphatic heterocycles. The number of piperidine rings is 1. The van der Waals surface area contributed by atoms with Crippen molar-refractivity contribution in [2.45, 2.75) is 25.8 Å². The number of aromatic nitrogens is 1. The van der Waals surface area contributed by atoms with Gasteiger partial charge in [0, 0.05) is 50.4 Å². The summed E-state index contributed by atoms with van der Waals surface area (Å²) >= 11 is 0. The highest BCUT2D eigenvalue weighted by Crippen LogP contribution is 2.34. The van der Waals surface area contributed by atoms with Crippen molar-refractivity contribution in [1.82, 2.24) is 15.0 Å². The fourth-order valence-corrected chi connectivity index (χ4v) is 4.95. The van der Waals surface area contributed by atoms with Crippen molar-refractivity contribution in [3.63, 3.8) is 0 Å². The first kappa shape index (κ1) is 24.5. The van der Waals surface area contributed by atoms with E-state index in [0.717, 1.165) is 68.3 Å². The van der Waals surface area contributed by atoms with Crippen LogP contribution in [-0.2, 0) is 11.3 Å². The maximum atomic E-state index is 14.0. The Bertz CT molecular complexity index is 1140. The highest BCUT2D eigenvalue weighted by atomic mass is 19.1. The van der Waals surface area contributed by atoms with E-state index < -0.39 is 5.82 Å². The summed E-state index contributed by atoms with van der Waals surface area (Å²) in [5.41, 5.74) is 2.94. The van der Waals surface area contributed by atoms with Crippen LogP contribution in [0.1, 0.15) is 35.2 Å². The summed E-state index contributed by atoms with van der Waals surface area (Å²) in [5, 5.41) is 4.47. The molecule has 1 amide bonds. The molecule has 7 nitrogen and oxygen atoms in total. The minimum atomic E-state index is -0.419. The Morgan fingerprint density at radius 2 is 1.75 bits per heavy atom. The van der Waals surface area contributed by atoms with Gasteiger partial charge in [-0.2, -0.15) is 0 Å². The number of hydrogen-bond donors (Lipinski definition) is 0. The van der Waals surface area contributed by atoms with Crippen LogP contribution >= 0.6 is 0 Å². The number of rotatable bonds is 8. The van der Waals surface area contributed by atoms with Crippen LogP contribution in [-0.4, -0.2) is 73.3 Å². The molecule has 190 valence electrons. The number of nitrogens with zero attached hydrogens (tertiary/aromatic N) is 4. The van der Waals surface area contributed by atoms with E-state index in [4.69, 9.17) is 9.26 Å². The first-order valence-electron chi connectivity index (χ1n) is 12.8. The average molecular weight is 493 g/mol. The number of halogens is 1. The highest BCUT2D eigenvalue weighted by Gasteiger charge is 2.28. The van der Waals surface area contributed by atoms with Crippen molar-refractivity contribution >= 4 is 11.8 Å². The molecule has 1 aromatic heterocycles. The van der Waals surface area contributed by atoms with Gasteiger partial charge in [0.15, 0.2) is 0 Å². The molecule has 0 N–H and O–H groups in total. The van der Waals surface area contributed by atoms with Crippen molar-refractivity contribution in [2.75, 3.05) is 57.4 Å². The van der Waals surface area contributed by atoms with Gasteiger partial charge in [0.25, 0.3) is 5.91 Å². The summed E-state index contributed by atoms with van der Waals surface area (Å²) in [6.45, 7) is 6.43. The molecule has 2 saturated heterocycles. The minimum absolute atomic E-state index is 0.201. The third-order valence-electron chi connectivity index (χ3n) is 6.96. The Kier molecular flexibility index (Phi) is 7.93. The molecule has 2 aromatic carbocycles. The lowest BCUT2D eigenvalue weighted by molar-refractivity contribution is 0.0320. The summed E-state index contributed by atoms with van der Waals surface area (Å²) in [5.74, 6) is 0.113. The van der Waals surface area contributed by atoms with Crippen molar-refractivity contribution in [3.05, 3.63) is 71.5 Å². The van der Waals surface area contributed by atoms with E-state index in [0.29, 0.717) is 31.9 Å². The Labute approximate surface area is 211 Å². The first-order chi connectivity index (χ1) is 17.7. The summed E-state index contributed by atoms with van der Waals surface area (Å²) in [6, 6.07) is 15.8. The Balaban J connectivity index is 1.47. The number of amides is 1. The van der Waals surface area contributed by atoms with E-state index in [1.165, 1.54) is 18.6 Å². The van der Waals surface area contributed by atoms with Crippen LogP contribution in [0, 0.1) is 5.82 Å². The standard InChI is InChI=1S/C28H33FN4O3/c29-24-11-7-10-23(20-24)27(34)33(15-14-31-16-18-35-19-17-31)21-25-26(22-8-3-1-4-9-22)30-36-28(25)32-12-5-2-6-13-32/h1,3-4,7-11,20H,2,5-6,12-19,21H2.